The molecule has 0 atom stereocenters. The second-order valence-corrected chi connectivity index (χ2v) is 4.33. The number of alkyl halides is 1. The standard InChI is InChI=1S/C12H16FNO2/c1-12(2,13)9-6-11-10(5-8(9)7-14)15-3-4-16-11/h5-6H,3-4,7,14H2,1-2H3. The summed E-state index contributed by atoms with van der Waals surface area (Å²) in [6, 6.07) is 3.46. The fourth-order valence-electron chi connectivity index (χ4n) is 1.85. The third kappa shape index (κ3) is 1.97. The molecule has 1 heterocycles. The van der Waals surface area contributed by atoms with Gasteiger partial charge in [-0.3, -0.25) is 0 Å². The van der Waals surface area contributed by atoms with Crippen LogP contribution in [-0.4, -0.2) is 13.2 Å². The lowest BCUT2D eigenvalue weighted by atomic mass is 9.94. The summed E-state index contributed by atoms with van der Waals surface area (Å²) < 4.78 is 24.8. The van der Waals surface area contributed by atoms with Crippen LogP contribution < -0.4 is 15.2 Å². The van der Waals surface area contributed by atoms with E-state index in [-0.39, 0.29) is 0 Å². The predicted octanol–water partition coefficient (Wildman–Crippen LogP) is 2.12. The van der Waals surface area contributed by atoms with Crippen molar-refractivity contribution >= 4 is 0 Å². The smallest absolute Gasteiger partial charge is 0.161 e. The molecule has 3 nitrogen and oxygen atoms in total. The summed E-state index contributed by atoms with van der Waals surface area (Å²) in [5.41, 5.74) is 5.52. The van der Waals surface area contributed by atoms with E-state index in [1.165, 1.54) is 13.8 Å². The van der Waals surface area contributed by atoms with Gasteiger partial charge >= 0.3 is 0 Å². The lowest BCUT2D eigenvalue weighted by Crippen LogP contribution is -2.19. The van der Waals surface area contributed by atoms with Crippen LogP contribution in [0, 0.1) is 0 Å². The number of halogens is 1. The van der Waals surface area contributed by atoms with Crippen LogP contribution in [0.4, 0.5) is 4.39 Å². The van der Waals surface area contributed by atoms with Gasteiger partial charge in [0.05, 0.1) is 0 Å². The molecule has 1 aromatic rings. The van der Waals surface area contributed by atoms with Crippen LogP contribution in [0.25, 0.3) is 0 Å². The minimum atomic E-state index is -1.43. The molecular weight excluding hydrogens is 209 g/mol. The third-order valence-electron chi connectivity index (χ3n) is 2.63. The van der Waals surface area contributed by atoms with Crippen molar-refractivity contribution in [3.05, 3.63) is 23.3 Å². The zero-order valence-corrected chi connectivity index (χ0v) is 9.55. The Hall–Kier alpha value is -1.29. The second-order valence-electron chi connectivity index (χ2n) is 4.33. The van der Waals surface area contributed by atoms with E-state index in [9.17, 15) is 4.39 Å². The summed E-state index contributed by atoms with van der Waals surface area (Å²) in [5, 5.41) is 0. The Labute approximate surface area is 94.3 Å². The van der Waals surface area contributed by atoms with E-state index in [1.807, 2.05) is 0 Å². The molecule has 88 valence electrons. The van der Waals surface area contributed by atoms with E-state index < -0.39 is 5.67 Å². The first kappa shape index (κ1) is 11.2. The van der Waals surface area contributed by atoms with Crippen LogP contribution in [0.5, 0.6) is 11.5 Å². The molecule has 0 saturated heterocycles. The normalized spacial score (nSPS) is 15.0. The van der Waals surface area contributed by atoms with Crippen LogP contribution in [-0.2, 0) is 12.2 Å². The molecule has 4 heteroatoms. The maximum atomic E-state index is 14.0. The van der Waals surface area contributed by atoms with Gasteiger partial charge in [-0.1, -0.05) is 0 Å². The molecule has 0 fully saturated rings. The Bertz CT molecular complexity index is 399. The average molecular weight is 225 g/mol. The van der Waals surface area contributed by atoms with Gasteiger partial charge in [-0.05, 0) is 37.1 Å². The van der Waals surface area contributed by atoms with Crippen LogP contribution in [0.1, 0.15) is 25.0 Å². The van der Waals surface area contributed by atoms with E-state index in [1.54, 1.807) is 12.1 Å². The molecule has 1 aliphatic heterocycles. The third-order valence-corrected chi connectivity index (χ3v) is 2.63. The number of ether oxygens (including phenoxy) is 2. The summed E-state index contributed by atoms with van der Waals surface area (Å²) in [6.45, 7) is 4.34. The van der Waals surface area contributed by atoms with Crippen molar-refractivity contribution in [3.8, 4) is 11.5 Å². The molecule has 16 heavy (non-hydrogen) atoms. The van der Waals surface area contributed by atoms with Gasteiger partial charge in [-0.25, -0.2) is 4.39 Å². The topological polar surface area (TPSA) is 44.5 Å². The van der Waals surface area contributed by atoms with E-state index in [0.29, 0.717) is 36.8 Å². The molecule has 0 amide bonds. The van der Waals surface area contributed by atoms with Crippen molar-refractivity contribution in [1.29, 1.82) is 0 Å². The van der Waals surface area contributed by atoms with Gasteiger partial charge in [-0.15, -0.1) is 0 Å². The number of fused-ring (bicyclic) bond motifs is 1. The fraction of sp³-hybridized carbons (Fsp3) is 0.500. The van der Waals surface area contributed by atoms with E-state index in [2.05, 4.69) is 0 Å². The number of hydrogen-bond donors (Lipinski definition) is 1. The molecule has 0 aliphatic carbocycles. The van der Waals surface area contributed by atoms with Crippen LogP contribution >= 0.6 is 0 Å². The van der Waals surface area contributed by atoms with Gasteiger partial charge in [0.2, 0.25) is 0 Å². The Kier molecular flexibility index (Phi) is 2.76. The van der Waals surface area contributed by atoms with Gasteiger partial charge in [0.25, 0.3) is 0 Å². The lowest BCUT2D eigenvalue weighted by Gasteiger charge is -2.24. The van der Waals surface area contributed by atoms with Crippen LogP contribution in [0.2, 0.25) is 0 Å². The highest BCUT2D eigenvalue weighted by molar-refractivity contribution is 5.49. The van der Waals surface area contributed by atoms with Crippen molar-refractivity contribution in [2.45, 2.75) is 26.1 Å². The first-order chi connectivity index (χ1) is 7.52. The minimum absolute atomic E-state index is 0.291. The SMILES string of the molecule is CC(C)(F)c1cc2c(cc1CN)OCCO2. The summed E-state index contributed by atoms with van der Waals surface area (Å²) in [7, 11) is 0. The Morgan fingerprint density at radius 3 is 2.31 bits per heavy atom. The van der Waals surface area contributed by atoms with Crippen molar-refractivity contribution in [2.75, 3.05) is 13.2 Å². The Morgan fingerprint density at radius 2 is 1.81 bits per heavy atom. The fourth-order valence-corrected chi connectivity index (χ4v) is 1.85. The van der Waals surface area contributed by atoms with Gasteiger partial charge in [0.15, 0.2) is 11.5 Å². The maximum absolute atomic E-state index is 14.0. The van der Waals surface area contributed by atoms with Gasteiger partial charge < -0.3 is 15.2 Å². The van der Waals surface area contributed by atoms with Gasteiger partial charge in [0, 0.05) is 6.54 Å². The average Bonchev–Trinajstić information content (AvgIpc) is 2.26. The maximum Gasteiger partial charge on any atom is 0.161 e. The molecule has 2 rings (SSSR count). The summed E-state index contributed by atoms with van der Waals surface area (Å²) >= 11 is 0. The van der Waals surface area contributed by atoms with Crippen LogP contribution in [0.3, 0.4) is 0 Å². The Morgan fingerprint density at radius 1 is 1.25 bits per heavy atom. The van der Waals surface area contributed by atoms with Crippen molar-refractivity contribution < 1.29 is 13.9 Å². The monoisotopic (exact) mass is 225 g/mol. The minimum Gasteiger partial charge on any atom is -0.486 e. The quantitative estimate of drug-likeness (QED) is 0.838. The van der Waals surface area contributed by atoms with E-state index in [4.69, 9.17) is 15.2 Å². The van der Waals surface area contributed by atoms with Gasteiger partial charge in [0.1, 0.15) is 18.9 Å². The van der Waals surface area contributed by atoms with E-state index in [0.717, 1.165) is 5.56 Å². The second kappa shape index (κ2) is 3.94. The largest absolute Gasteiger partial charge is 0.486 e. The highest BCUT2D eigenvalue weighted by Gasteiger charge is 2.25. The molecule has 0 spiro atoms. The predicted molar refractivity (Wildman–Crippen MR) is 59.5 cm³/mol. The van der Waals surface area contributed by atoms with Crippen molar-refractivity contribution in [2.24, 2.45) is 5.73 Å². The van der Waals surface area contributed by atoms with Crippen LogP contribution in [0.15, 0.2) is 12.1 Å². The molecule has 0 radical (unpaired) electrons. The number of hydrogen-bond acceptors (Lipinski definition) is 3. The molecule has 1 aliphatic rings. The first-order valence-electron chi connectivity index (χ1n) is 5.34. The molecular formula is C12H16FNO2. The summed E-state index contributed by atoms with van der Waals surface area (Å²) in [6.07, 6.45) is 0. The molecule has 2 N–H and O–H groups in total. The summed E-state index contributed by atoms with van der Waals surface area (Å²) in [4.78, 5) is 0. The van der Waals surface area contributed by atoms with Gasteiger partial charge in [-0.2, -0.15) is 0 Å². The molecule has 1 aromatic carbocycles. The highest BCUT2D eigenvalue weighted by Crippen LogP contribution is 2.38. The highest BCUT2D eigenvalue weighted by atomic mass is 19.1. The number of nitrogens with two attached hydrogens (primary N) is 1. The summed E-state index contributed by atoms with van der Waals surface area (Å²) in [5.74, 6) is 1.25. The first-order valence-corrected chi connectivity index (χ1v) is 5.34. The molecule has 0 aromatic heterocycles. The van der Waals surface area contributed by atoms with Crippen molar-refractivity contribution in [1.82, 2.24) is 0 Å². The lowest BCUT2D eigenvalue weighted by molar-refractivity contribution is 0.168. The molecule has 0 saturated carbocycles. The number of benzene rings is 1. The zero-order chi connectivity index (χ0) is 11.8. The number of rotatable bonds is 2. The van der Waals surface area contributed by atoms with E-state index >= 15 is 0 Å². The van der Waals surface area contributed by atoms with Crippen molar-refractivity contribution in [3.63, 3.8) is 0 Å². The molecule has 0 bridgehead atoms. The Balaban J connectivity index is 2.52. The molecule has 0 unspecified atom stereocenters. The zero-order valence-electron chi connectivity index (χ0n) is 9.55.